The first kappa shape index (κ1) is 13.1. The summed E-state index contributed by atoms with van der Waals surface area (Å²) in [5.74, 6) is -0.191. The second-order valence-corrected chi connectivity index (χ2v) is 5.05. The number of anilines is 1. The zero-order chi connectivity index (χ0) is 13.1. The average Bonchev–Trinajstić information content (AvgIpc) is 2.28. The number of nitrogens with zero attached hydrogens (tertiary/aromatic N) is 1. The number of halogens is 2. The molecule has 1 N–H and O–H groups in total. The van der Waals surface area contributed by atoms with Crippen LogP contribution >= 0.6 is 27.5 Å². The second kappa shape index (κ2) is 5.50. The summed E-state index contributed by atoms with van der Waals surface area (Å²) >= 11 is 9.15. The number of rotatable bonds is 2. The van der Waals surface area contributed by atoms with Gasteiger partial charge in [0.05, 0.1) is 5.56 Å². The minimum atomic E-state index is -0.191. The number of carbonyl (C=O) groups is 1. The number of carbonyl (C=O) groups excluding carboxylic acids is 1. The molecule has 0 aliphatic rings. The summed E-state index contributed by atoms with van der Waals surface area (Å²) in [7, 11) is 0. The van der Waals surface area contributed by atoms with Crippen molar-refractivity contribution in [1.82, 2.24) is 4.98 Å². The van der Waals surface area contributed by atoms with Gasteiger partial charge in [-0.25, -0.2) is 0 Å². The Kier molecular flexibility index (Phi) is 3.99. The van der Waals surface area contributed by atoms with Crippen molar-refractivity contribution in [3.05, 3.63) is 57.3 Å². The second-order valence-electron chi connectivity index (χ2n) is 3.76. The Morgan fingerprint density at radius 3 is 2.78 bits per heavy atom. The van der Waals surface area contributed by atoms with Gasteiger partial charge in [0.1, 0.15) is 0 Å². The normalized spacial score (nSPS) is 10.2. The Labute approximate surface area is 118 Å². The molecule has 1 aromatic heterocycles. The molecule has 0 bridgehead atoms. The largest absolute Gasteiger partial charge is 0.322 e. The fourth-order valence-corrected chi connectivity index (χ4v) is 2.36. The van der Waals surface area contributed by atoms with Gasteiger partial charge in [-0.05, 0) is 53.2 Å². The molecule has 2 rings (SSSR count). The summed E-state index contributed by atoms with van der Waals surface area (Å²) in [6.07, 6.45) is 1.65. The van der Waals surface area contributed by atoms with E-state index in [9.17, 15) is 4.79 Å². The summed E-state index contributed by atoms with van der Waals surface area (Å²) in [5, 5.41) is 3.39. The van der Waals surface area contributed by atoms with Crippen molar-refractivity contribution in [2.75, 3.05) is 5.32 Å². The van der Waals surface area contributed by atoms with Crippen molar-refractivity contribution in [3.8, 4) is 0 Å². The molecule has 92 valence electrons. The molecule has 1 aromatic carbocycles. The highest BCUT2D eigenvalue weighted by Gasteiger charge is 2.10. The van der Waals surface area contributed by atoms with E-state index in [0.717, 1.165) is 5.69 Å². The third-order valence-electron chi connectivity index (χ3n) is 2.33. The Hall–Kier alpha value is -1.39. The van der Waals surface area contributed by atoms with Crippen LogP contribution in [0.1, 0.15) is 16.1 Å². The maximum Gasteiger partial charge on any atom is 0.256 e. The third kappa shape index (κ3) is 3.09. The smallest absolute Gasteiger partial charge is 0.256 e. The monoisotopic (exact) mass is 324 g/mol. The van der Waals surface area contributed by atoms with E-state index < -0.39 is 0 Å². The lowest BCUT2D eigenvalue weighted by Crippen LogP contribution is -2.12. The predicted molar refractivity (Wildman–Crippen MR) is 76.1 cm³/mol. The Balaban J connectivity index is 2.22. The average molecular weight is 326 g/mol. The van der Waals surface area contributed by atoms with E-state index in [-0.39, 0.29) is 5.91 Å². The van der Waals surface area contributed by atoms with E-state index in [4.69, 9.17) is 11.6 Å². The van der Waals surface area contributed by atoms with Crippen molar-refractivity contribution in [1.29, 1.82) is 0 Å². The molecule has 2 aromatic rings. The highest BCUT2D eigenvalue weighted by atomic mass is 79.9. The van der Waals surface area contributed by atoms with Crippen molar-refractivity contribution >= 4 is 39.1 Å². The van der Waals surface area contributed by atoms with E-state index in [2.05, 4.69) is 26.2 Å². The fraction of sp³-hybridized carbons (Fsp3) is 0.0769. The maximum atomic E-state index is 12.1. The van der Waals surface area contributed by atoms with Crippen molar-refractivity contribution in [3.63, 3.8) is 0 Å². The summed E-state index contributed by atoms with van der Waals surface area (Å²) in [6, 6.07) is 8.60. The molecule has 0 unspecified atom stereocenters. The van der Waals surface area contributed by atoms with Crippen LogP contribution in [0.3, 0.4) is 0 Å². The van der Waals surface area contributed by atoms with Crippen LogP contribution in [0.2, 0.25) is 5.02 Å². The number of benzene rings is 1. The van der Waals surface area contributed by atoms with Crippen molar-refractivity contribution in [2.45, 2.75) is 6.92 Å². The first-order valence-corrected chi connectivity index (χ1v) is 6.42. The van der Waals surface area contributed by atoms with Crippen LogP contribution in [0.5, 0.6) is 0 Å². The van der Waals surface area contributed by atoms with E-state index in [1.165, 1.54) is 0 Å². The number of hydrogen-bond donors (Lipinski definition) is 1. The summed E-state index contributed by atoms with van der Waals surface area (Å²) in [5.41, 5.74) is 2.10. The van der Waals surface area contributed by atoms with E-state index in [1.807, 2.05) is 13.0 Å². The number of pyridine rings is 1. The minimum absolute atomic E-state index is 0.191. The van der Waals surface area contributed by atoms with Crippen molar-refractivity contribution in [2.24, 2.45) is 0 Å². The highest BCUT2D eigenvalue weighted by Crippen LogP contribution is 2.22. The van der Waals surface area contributed by atoms with Gasteiger partial charge in [-0.2, -0.15) is 0 Å². The lowest BCUT2D eigenvalue weighted by Gasteiger charge is -2.07. The molecule has 1 amide bonds. The van der Waals surface area contributed by atoms with Gasteiger partial charge >= 0.3 is 0 Å². The molecule has 0 spiro atoms. The molecule has 5 heteroatoms. The molecule has 0 atom stereocenters. The minimum Gasteiger partial charge on any atom is -0.322 e. The molecular weight excluding hydrogens is 316 g/mol. The predicted octanol–water partition coefficient (Wildman–Crippen LogP) is 4.06. The highest BCUT2D eigenvalue weighted by molar-refractivity contribution is 9.10. The number of aryl methyl sites for hydroxylation is 1. The number of hydrogen-bond acceptors (Lipinski definition) is 2. The number of nitrogens with one attached hydrogen (secondary N) is 1. The zero-order valence-electron chi connectivity index (χ0n) is 9.58. The van der Waals surface area contributed by atoms with Crippen molar-refractivity contribution < 1.29 is 4.79 Å². The van der Waals surface area contributed by atoms with E-state index in [0.29, 0.717) is 20.7 Å². The van der Waals surface area contributed by atoms with E-state index >= 15 is 0 Å². The molecule has 0 radical (unpaired) electrons. The standard InChI is InChI=1S/C13H10BrClN2O/c1-8-6-10(4-5-16-8)17-13(18)11-3-2-9(15)7-12(11)14/h2-7H,1H3,(H,16,17,18). The lowest BCUT2D eigenvalue weighted by molar-refractivity contribution is 0.102. The van der Waals surface area contributed by atoms with Gasteiger partial charge in [-0.3, -0.25) is 9.78 Å². The Morgan fingerprint density at radius 1 is 1.33 bits per heavy atom. The van der Waals surface area contributed by atoms with Crippen LogP contribution in [0.4, 0.5) is 5.69 Å². The van der Waals surface area contributed by atoms with Crippen LogP contribution in [0.15, 0.2) is 41.0 Å². The summed E-state index contributed by atoms with van der Waals surface area (Å²) in [6.45, 7) is 1.87. The molecular formula is C13H10BrClN2O. The molecule has 0 saturated carbocycles. The van der Waals surface area contributed by atoms with Crippen LogP contribution in [0.25, 0.3) is 0 Å². The first-order valence-electron chi connectivity index (χ1n) is 5.25. The molecule has 0 aliphatic heterocycles. The first-order chi connectivity index (χ1) is 8.56. The number of amides is 1. The zero-order valence-corrected chi connectivity index (χ0v) is 11.9. The summed E-state index contributed by atoms with van der Waals surface area (Å²) < 4.78 is 0.665. The summed E-state index contributed by atoms with van der Waals surface area (Å²) in [4.78, 5) is 16.1. The van der Waals surface area contributed by atoms with Gasteiger partial charge in [0.2, 0.25) is 0 Å². The molecule has 0 aliphatic carbocycles. The molecule has 3 nitrogen and oxygen atoms in total. The SMILES string of the molecule is Cc1cc(NC(=O)c2ccc(Cl)cc2Br)ccn1. The van der Waals surface area contributed by atoms with Gasteiger partial charge in [-0.1, -0.05) is 11.6 Å². The molecule has 18 heavy (non-hydrogen) atoms. The topological polar surface area (TPSA) is 42.0 Å². The number of aromatic nitrogens is 1. The maximum absolute atomic E-state index is 12.1. The van der Waals surface area contributed by atoms with Gasteiger partial charge in [-0.15, -0.1) is 0 Å². The van der Waals surface area contributed by atoms with E-state index in [1.54, 1.807) is 30.5 Å². The van der Waals surface area contributed by atoms with Gasteiger partial charge in [0.25, 0.3) is 5.91 Å². The fourth-order valence-electron chi connectivity index (χ4n) is 1.50. The van der Waals surface area contributed by atoms with Gasteiger partial charge in [0, 0.05) is 27.1 Å². The lowest BCUT2D eigenvalue weighted by atomic mass is 10.2. The van der Waals surface area contributed by atoms with Crippen LogP contribution in [0, 0.1) is 6.92 Å². The quantitative estimate of drug-likeness (QED) is 0.905. The Morgan fingerprint density at radius 2 is 2.11 bits per heavy atom. The van der Waals surface area contributed by atoms with Crippen LogP contribution in [-0.2, 0) is 0 Å². The molecule has 0 saturated heterocycles. The van der Waals surface area contributed by atoms with Crippen LogP contribution in [-0.4, -0.2) is 10.9 Å². The molecule has 0 fully saturated rings. The third-order valence-corrected chi connectivity index (χ3v) is 3.22. The molecule has 1 heterocycles. The van der Waals surface area contributed by atoms with Crippen LogP contribution < -0.4 is 5.32 Å². The van der Waals surface area contributed by atoms with Gasteiger partial charge in [0.15, 0.2) is 0 Å². The Bertz CT molecular complexity index is 601. The van der Waals surface area contributed by atoms with Gasteiger partial charge < -0.3 is 5.32 Å².